The Morgan fingerprint density at radius 3 is 2.63 bits per heavy atom. The zero-order valence-corrected chi connectivity index (χ0v) is 11.0. The lowest BCUT2D eigenvalue weighted by Crippen LogP contribution is -2.13. The molecule has 2 aromatic rings. The third-order valence-electron chi connectivity index (χ3n) is 2.69. The number of hydrogen-bond donors (Lipinski definition) is 1. The average molecular weight is 278 g/mol. The van der Waals surface area contributed by atoms with Crippen molar-refractivity contribution < 1.29 is 9.18 Å². The Bertz CT molecular complexity index is 572. The molecule has 0 radical (unpaired) electrons. The standard InChI is InChI=1S/C15H13ClFNO/c16-12-7-8-13(17)14(10-12)18-15(19)9-6-11-4-2-1-3-5-11/h1-5,7-8,10H,6,9H2,(H,18,19). The zero-order valence-electron chi connectivity index (χ0n) is 10.2. The van der Waals surface area contributed by atoms with E-state index in [0.717, 1.165) is 5.56 Å². The van der Waals surface area contributed by atoms with Gasteiger partial charge in [0.1, 0.15) is 5.82 Å². The van der Waals surface area contributed by atoms with E-state index in [4.69, 9.17) is 11.6 Å². The number of amides is 1. The van der Waals surface area contributed by atoms with Gasteiger partial charge < -0.3 is 5.32 Å². The Balaban J connectivity index is 1.93. The summed E-state index contributed by atoms with van der Waals surface area (Å²) in [6.45, 7) is 0. The summed E-state index contributed by atoms with van der Waals surface area (Å²) in [5, 5.41) is 2.91. The summed E-state index contributed by atoms with van der Waals surface area (Å²) in [6, 6.07) is 13.7. The third kappa shape index (κ3) is 4.07. The minimum absolute atomic E-state index is 0.116. The molecule has 0 aliphatic rings. The number of carbonyl (C=O) groups excluding carboxylic acids is 1. The van der Waals surface area contributed by atoms with Crippen LogP contribution in [0.25, 0.3) is 0 Å². The molecule has 2 nitrogen and oxygen atoms in total. The molecule has 0 unspecified atom stereocenters. The van der Waals surface area contributed by atoms with Gasteiger partial charge in [0, 0.05) is 11.4 Å². The summed E-state index contributed by atoms with van der Waals surface area (Å²) >= 11 is 5.76. The quantitative estimate of drug-likeness (QED) is 0.897. The van der Waals surface area contributed by atoms with Crippen LogP contribution in [0.3, 0.4) is 0 Å². The highest BCUT2D eigenvalue weighted by atomic mass is 35.5. The second-order valence-electron chi connectivity index (χ2n) is 4.16. The van der Waals surface area contributed by atoms with Gasteiger partial charge in [0.25, 0.3) is 0 Å². The highest BCUT2D eigenvalue weighted by molar-refractivity contribution is 6.30. The molecule has 98 valence electrons. The Morgan fingerprint density at radius 1 is 1.16 bits per heavy atom. The number of carbonyl (C=O) groups is 1. The smallest absolute Gasteiger partial charge is 0.224 e. The van der Waals surface area contributed by atoms with Gasteiger partial charge in [0.2, 0.25) is 5.91 Å². The lowest BCUT2D eigenvalue weighted by Gasteiger charge is -2.07. The molecule has 0 saturated carbocycles. The Hall–Kier alpha value is -1.87. The van der Waals surface area contributed by atoms with Crippen molar-refractivity contribution in [2.45, 2.75) is 12.8 Å². The number of aryl methyl sites for hydroxylation is 1. The molecule has 0 aromatic heterocycles. The maximum absolute atomic E-state index is 13.4. The molecule has 0 aliphatic carbocycles. The van der Waals surface area contributed by atoms with E-state index in [2.05, 4.69) is 5.32 Å². The first-order valence-electron chi connectivity index (χ1n) is 5.94. The Labute approximate surface area is 116 Å². The van der Waals surface area contributed by atoms with Crippen molar-refractivity contribution in [2.75, 3.05) is 5.32 Å². The minimum Gasteiger partial charge on any atom is -0.324 e. The third-order valence-corrected chi connectivity index (χ3v) is 2.92. The van der Waals surface area contributed by atoms with Gasteiger partial charge in [-0.2, -0.15) is 0 Å². The summed E-state index contributed by atoms with van der Waals surface area (Å²) in [4.78, 5) is 11.7. The fourth-order valence-electron chi connectivity index (χ4n) is 1.71. The molecular weight excluding hydrogens is 265 g/mol. The van der Waals surface area contributed by atoms with Gasteiger partial charge in [-0.25, -0.2) is 4.39 Å². The van der Waals surface area contributed by atoms with Crippen LogP contribution in [0.1, 0.15) is 12.0 Å². The summed E-state index contributed by atoms with van der Waals surface area (Å²) in [6.07, 6.45) is 0.921. The molecule has 2 aromatic carbocycles. The van der Waals surface area contributed by atoms with Crippen molar-refractivity contribution in [1.29, 1.82) is 0 Å². The number of rotatable bonds is 4. The summed E-state index contributed by atoms with van der Waals surface area (Å²) < 4.78 is 13.4. The molecule has 19 heavy (non-hydrogen) atoms. The Morgan fingerprint density at radius 2 is 1.89 bits per heavy atom. The van der Waals surface area contributed by atoms with Gasteiger partial charge in [0.15, 0.2) is 0 Å². The van der Waals surface area contributed by atoms with Crippen LogP contribution in [0, 0.1) is 5.82 Å². The van der Waals surface area contributed by atoms with E-state index >= 15 is 0 Å². The van der Waals surface area contributed by atoms with Crippen molar-refractivity contribution in [3.63, 3.8) is 0 Å². The topological polar surface area (TPSA) is 29.1 Å². The molecule has 2 rings (SSSR count). The maximum Gasteiger partial charge on any atom is 0.224 e. The lowest BCUT2D eigenvalue weighted by molar-refractivity contribution is -0.116. The fourth-order valence-corrected chi connectivity index (χ4v) is 1.88. The van der Waals surface area contributed by atoms with Crippen LogP contribution in [-0.2, 0) is 11.2 Å². The van der Waals surface area contributed by atoms with Gasteiger partial charge in [-0.15, -0.1) is 0 Å². The second-order valence-corrected chi connectivity index (χ2v) is 4.59. The molecule has 4 heteroatoms. The summed E-state index contributed by atoms with van der Waals surface area (Å²) in [5.74, 6) is -0.720. The van der Waals surface area contributed by atoms with Gasteiger partial charge in [-0.3, -0.25) is 4.79 Å². The van der Waals surface area contributed by atoms with E-state index in [-0.39, 0.29) is 11.6 Å². The molecular formula is C15H13ClFNO. The first-order valence-corrected chi connectivity index (χ1v) is 6.32. The average Bonchev–Trinajstić information content (AvgIpc) is 2.42. The number of benzene rings is 2. The molecule has 0 atom stereocenters. The summed E-state index contributed by atoms with van der Waals surface area (Å²) in [7, 11) is 0. The summed E-state index contributed by atoms with van der Waals surface area (Å²) in [5.41, 5.74) is 1.19. The molecule has 0 saturated heterocycles. The first kappa shape index (κ1) is 13.6. The predicted octanol–water partition coefficient (Wildman–Crippen LogP) is 4.05. The van der Waals surface area contributed by atoms with Gasteiger partial charge in [-0.05, 0) is 30.2 Å². The van der Waals surface area contributed by atoms with E-state index in [1.165, 1.54) is 18.2 Å². The van der Waals surface area contributed by atoms with Crippen molar-refractivity contribution in [3.05, 3.63) is 64.9 Å². The van der Waals surface area contributed by atoms with Crippen LogP contribution in [0.15, 0.2) is 48.5 Å². The van der Waals surface area contributed by atoms with E-state index in [9.17, 15) is 9.18 Å². The second kappa shape index (κ2) is 6.34. The molecule has 0 spiro atoms. The van der Waals surface area contributed by atoms with E-state index in [0.29, 0.717) is 17.9 Å². The Kier molecular flexibility index (Phi) is 4.53. The van der Waals surface area contributed by atoms with Crippen LogP contribution < -0.4 is 5.32 Å². The SMILES string of the molecule is O=C(CCc1ccccc1)Nc1cc(Cl)ccc1F. The number of hydrogen-bond acceptors (Lipinski definition) is 1. The lowest BCUT2D eigenvalue weighted by atomic mass is 10.1. The van der Waals surface area contributed by atoms with Crippen LogP contribution >= 0.6 is 11.6 Å². The van der Waals surface area contributed by atoms with Crippen molar-refractivity contribution in [3.8, 4) is 0 Å². The number of halogens is 2. The van der Waals surface area contributed by atoms with Gasteiger partial charge in [0.05, 0.1) is 5.69 Å². The minimum atomic E-state index is -0.488. The molecule has 0 bridgehead atoms. The fraction of sp³-hybridized carbons (Fsp3) is 0.133. The highest BCUT2D eigenvalue weighted by Gasteiger charge is 2.07. The van der Waals surface area contributed by atoms with E-state index < -0.39 is 5.82 Å². The van der Waals surface area contributed by atoms with Gasteiger partial charge in [-0.1, -0.05) is 41.9 Å². The molecule has 0 fully saturated rings. The van der Waals surface area contributed by atoms with Crippen molar-refractivity contribution in [2.24, 2.45) is 0 Å². The van der Waals surface area contributed by atoms with Gasteiger partial charge >= 0.3 is 0 Å². The van der Waals surface area contributed by atoms with Crippen molar-refractivity contribution in [1.82, 2.24) is 0 Å². The molecule has 0 aliphatic heterocycles. The van der Waals surface area contributed by atoms with Crippen LogP contribution in [0.2, 0.25) is 5.02 Å². The highest BCUT2D eigenvalue weighted by Crippen LogP contribution is 2.19. The molecule has 1 N–H and O–H groups in total. The normalized spacial score (nSPS) is 10.2. The molecule has 1 amide bonds. The maximum atomic E-state index is 13.4. The molecule has 0 heterocycles. The number of nitrogens with one attached hydrogen (secondary N) is 1. The van der Waals surface area contributed by atoms with Crippen LogP contribution in [0.4, 0.5) is 10.1 Å². The van der Waals surface area contributed by atoms with E-state index in [1.807, 2.05) is 30.3 Å². The van der Waals surface area contributed by atoms with Crippen LogP contribution in [-0.4, -0.2) is 5.91 Å². The van der Waals surface area contributed by atoms with Crippen molar-refractivity contribution >= 4 is 23.2 Å². The largest absolute Gasteiger partial charge is 0.324 e. The number of anilines is 1. The monoisotopic (exact) mass is 277 g/mol. The zero-order chi connectivity index (χ0) is 13.7. The van der Waals surface area contributed by atoms with E-state index in [1.54, 1.807) is 0 Å². The first-order chi connectivity index (χ1) is 9.15. The van der Waals surface area contributed by atoms with Crippen LogP contribution in [0.5, 0.6) is 0 Å². The predicted molar refractivity (Wildman–Crippen MR) is 74.8 cm³/mol.